The van der Waals surface area contributed by atoms with Crippen LogP contribution in [0.2, 0.25) is 5.02 Å². The zero-order chi connectivity index (χ0) is 18.3. The molecule has 0 radical (unpaired) electrons. The molecule has 0 spiro atoms. The molecule has 0 saturated heterocycles. The lowest BCUT2D eigenvalue weighted by Crippen LogP contribution is -1.97. The number of benzene rings is 2. The maximum absolute atomic E-state index is 11.7. The Morgan fingerprint density at radius 1 is 0.923 bits per heavy atom. The van der Waals surface area contributed by atoms with Gasteiger partial charge in [-0.25, -0.2) is 13.4 Å². The highest BCUT2D eigenvalue weighted by molar-refractivity contribution is 7.90. The molecule has 0 unspecified atom stereocenters. The van der Waals surface area contributed by atoms with Crippen LogP contribution >= 0.6 is 11.6 Å². The molecule has 0 aliphatic rings. The van der Waals surface area contributed by atoms with E-state index in [0.717, 1.165) is 22.4 Å². The molecule has 0 amide bonds. The SMILES string of the molecule is CS(=O)(=O)c1ccn2cc(-c3ccc(-c4cccc(Cl)c4)cc3)nc2c1. The van der Waals surface area contributed by atoms with Gasteiger partial charge in [0, 0.05) is 35.3 Å². The van der Waals surface area contributed by atoms with Crippen molar-refractivity contribution < 1.29 is 8.42 Å². The van der Waals surface area contributed by atoms with Gasteiger partial charge in [0.05, 0.1) is 10.6 Å². The number of nitrogens with zero attached hydrogens (tertiary/aromatic N) is 2. The number of rotatable bonds is 3. The van der Waals surface area contributed by atoms with Crippen LogP contribution < -0.4 is 0 Å². The van der Waals surface area contributed by atoms with E-state index in [9.17, 15) is 8.42 Å². The van der Waals surface area contributed by atoms with E-state index in [1.807, 2.05) is 59.1 Å². The van der Waals surface area contributed by atoms with Crippen LogP contribution in [0.4, 0.5) is 0 Å². The van der Waals surface area contributed by atoms with Gasteiger partial charge in [-0.15, -0.1) is 0 Å². The molecule has 4 aromatic rings. The third kappa shape index (κ3) is 3.23. The standard InChI is InChI=1S/C20H15ClN2O2S/c1-26(24,25)18-9-10-23-13-19(22-20(23)12-18)15-7-5-14(6-8-15)16-3-2-4-17(21)11-16/h2-13H,1H3. The number of aromatic nitrogens is 2. The van der Waals surface area contributed by atoms with Crippen molar-refractivity contribution in [3.05, 3.63) is 78.1 Å². The Balaban J connectivity index is 1.71. The minimum atomic E-state index is -3.25. The van der Waals surface area contributed by atoms with Gasteiger partial charge >= 0.3 is 0 Å². The van der Waals surface area contributed by atoms with Gasteiger partial charge in [-0.1, -0.05) is 48.0 Å². The zero-order valence-corrected chi connectivity index (χ0v) is 15.5. The molecule has 0 atom stereocenters. The maximum Gasteiger partial charge on any atom is 0.175 e. The van der Waals surface area contributed by atoms with Gasteiger partial charge in [0.1, 0.15) is 5.65 Å². The summed E-state index contributed by atoms with van der Waals surface area (Å²) >= 11 is 6.06. The van der Waals surface area contributed by atoms with Crippen molar-refractivity contribution in [2.45, 2.75) is 4.90 Å². The van der Waals surface area contributed by atoms with Gasteiger partial charge in [-0.05, 0) is 29.3 Å². The molecule has 4 nitrogen and oxygen atoms in total. The zero-order valence-electron chi connectivity index (χ0n) is 13.9. The molecular weight excluding hydrogens is 368 g/mol. The highest BCUT2D eigenvalue weighted by Crippen LogP contribution is 2.26. The fraction of sp³-hybridized carbons (Fsp3) is 0.0500. The fourth-order valence-corrected chi connectivity index (χ4v) is 3.65. The molecule has 0 fully saturated rings. The third-order valence-electron chi connectivity index (χ3n) is 4.20. The molecule has 130 valence electrons. The highest BCUT2D eigenvalue weighted by Gasteiger charge is 2.10. The van der Waals surface area contributed by atoms with Gasteiger partial charge in [0.2, 0.25) is 0 Å². The van der Waals surface area contributed by atoms with Crippen LogP contribution in [0.15, 0.2) is 78.0 Å². The van der Waals surface area contributed by atoms with Crippen LogP contribution in [-0.4, -0.2) is 24.1 Å². The summed E-state index contributed by atoms with van der Waals surface area (Å²) in [6, 6.07) is 18.9. The average molecular weight is 383 g/mol. The smallest absolute Gasteiger partial charge is 0.175 e. The molecule has 0 bridgehead atoms. The van der Waals surface area contributed by atoms with Gasteiger partial charge in [0.15, 0.2) is 9.84 Å². The number of sulfone groups is 1. The van der Waals surface area contributed by atoms with Crippen LogP contribution in [-0.2, 0) is 9.84 Å². The normalized spacial score (nSPS) is 11.8. The van der Waals surface area contributed by atoms with Gasteiger partial charge in [0.25, 0.3) is 0 Å². The van der Waals surface area contributed by atoms with Crippen LogP contribution in [0.1, 0.15) is 0 Å². The summed E-state index contributed by atoms with van der Waals surface area (Å²) < 4.78 is 25.2. The number of hydrogen-bond acceptors (Lipinski definition) is 3. The van der Waals surface area contributed by atoms with Crippen molar-refractivity contribution in [3.8, 4) is 22.4 Å². The summed E-state index contributed by atoms with van der Waals surface area (Å²) in [7, 11) is -3.25. The van der Waals surface area contributed by atoms with Gasteiger partial charge in [-0.2, -0.15) is 0 Å². The summed E-state index contributed by atoms with van der Waals surface area (Å²) in [5.41, 5.74) is 4.46. The molecule has 0 aliphatic heterocycles. The van der Waals surface area contributed by atoms with E-state index in [0.29, 0.717) is 10.7 Å². The van der Waals surface area contributed by atoms with E-state index in [1.165, 1.54) is 6.26 Å². The molecule has 4 rings (SSSR count). The number of fused-ring (bicyclic) bond motifs is 1. The van der Waals surface area contributed by atoms with E-state index >= 15 is 0 Å². The largest absolute Gasteiger partial charge is 0.306 e. The van der Waals surface area contributed by atoms with Crippen molar-refractivity contribution in [2.75, 3.05) is 6.26 Å². The summed E-state index contributed by atoms with van der Waals surface area (Å²) in [6.07, 6.45) is 4.79. The Labute approximate surface area is 156 Å². The first-order valence-electron chi connectivity index (χ1n) is 7.95. The summed E-state index contributed by atoms with van der Waals surface area (Å²) in [5, 5.41) is 0.702. The number of pyridine rings is 1. The lowest BCUT2D eigenvalue weighted by Gasteiger charge is -2.03. The van der Waals surface area contributed by atoms with Gasteiger partial charge in [-0.3, -0.25) is 0 Å². The fourth-order valence-electron chi connectivity index (χ4n) is 2.83. The molecule has 0 aliphatic carbocycles. The Kier molecular flexibility index (Phi) is 4.05. The maximum atomic E-state index is 11.7. The third-order valence-corrected chi connectivity index (χ3v) is 5.54. The van der Waals surface area contributed by atoms with E-state index in [1.54, 1.807) is 18.3 Å². The first-order chi connectivity index (χ1) is 12.4. The molecular formula is C20H15ClN2O2S. The number of halogens is 1. The Bertz CT molecular complexity index is 1210. The number of imidazole rings is 1. The highest BCUT2D eigenvalue weighted by atomic mass is 35.5. The molecule has 2 aromatic carbocycles. The van der Waals surface area contributed by atoms with Crippen molar-refractivity contribution >= 4 is 27.1 Å². The van der Waals surface area contributed by atoms with E-state index < -0.39 is 9.84 Å². The minimum absolute atomic E-state index is 0.262. The van der Waals surface area contributed by atoms with Crippen LogP contribution in [0.25, 0.3) is 28.0 Å². The molecule has 0 saturated carbocycles. The van der Waals surface area contributed by atoms with E-state index in [-0.39, 0.29) is 4.90 Å². The second kappa shape index (κ2) is 6.27. The van der Waals surface area contributed by atoms with Crippen LogP contribution in [0.3, 0.4) is 0 Å². The van der Waals surface area contributed by atoms with Crippen molar-refractivity contribution in [2.24, 2.45) is 0 Å². The Morgan fingerprint density at radius 2 is 1.65 bits per heavy atom. The predicted molar refractivity (Wildman–Crippen MR) is 104 cm³/mol. The first-order valence-corrected chi connectivity index (χ1v) is 10.2. The first kappa shape index (κ1) is 16.8. The molecule has 6 heteroatoms. The lowest BCUT2D eigenvalue weighted by atomic mass is 10.0. The van der Waals surface area contributed by atoms with Crippen molar-refractivity contribution in [3.63, 3.8) is 0 Å². The Morgan fingerprint density at radius 3 is 2.35 bits per heavy atom. The summed E-state index contributed by atoms with van der Waals surface area (Å²) in [5.74, 6) is 0. The van der Waals surface area contributed by atoms with Crippen LogP contribution in [0, 0.1) is 0 Å². The van der Waals surface area contributed by atoms with Crippen molar-refractivity contribution in [1.29, 1.82) is 0 Å². The Hall–Kier alpha value is -2.63. The predicted octanol–water partition coefficient (Wildman–Crippen LogP) is 4.73. The quantitative estimate of drug-likeness (QED) is 0.515. The summed E-state index contributed by atoms with van der Waals surface area (Å²) in [6.45, 7) is 0. The molecule has 2 aromatic heterocycles. The topological polar surface area (TPSA) is 51.4 Å². The molecule has 2 heterocycles. The minimum Gasteiger partial charge on any atom is -0.306 e. The second-order valence-corrected chi connectivity index (χ2v) is 8.57. The van der Waals surface area contributed by atoms with Crippen LogP contribution in [0.5, 0.6) is 0 Å². The van der Waals surface area contributed by atoms with E-state index in [4.69, 9.17) is 11.6 Å². The molecule has 0 N–H and O–H groups in total. The second-order valence-electron chi connectivity index (χ2n) is 6.11. The monoisotopic (exact) mass is 382 g/mol. The van der Waals surface area contributed by atoms with E-state index in [2.05, 4.69) is 4.98 Å². The van der Waals surface area contributed by atoms with Crippen molar-refractivity contribution in [1.82, 2.24) is 9.38 Å². The average Bonchev–Trinajstić information content (AvgIpc) is 3.04. The number of hydrogen-bond donors (Lipinski definition) is 0. The lowest BCUT2D eigenvalue weighted by molar-refractivity contribution is 0.602. The molecule has 26 heavy (non-hydrogen) atoms. The summed E-state index contributed by atoms with van der Waals surface area (Å²) in [4.78, 5) is 4.81. The van der Waals surface area contributed by atoms with Gasteiger partial charge < -0.3 is 4.40 Å².